The zero-order valence-corrected chi connectivity index (χ0v) is 12.0. The van der Waals surface area contributed by atoms with Crippen LogP contribution in [0.4, 0.5) is 0 Å². The monoisotopic (exact) mass is 282 g/mol. The van der Waals surface area contributed by atoms with Crippen LogP contribution in [-0.4, -0.2) is 19.6 Å². The van der Waals surface area contributed by atoms with E-state index in [9.17, 15) is 0 Å². The second kappa shape index (κ2) is 4.08. The average Bonchev–Trinajstić information content (AvgIpc) is 2.81. The first-order chi connectivity index (χ1) is 8.11. The van der Waals surface area contributed by atoms with Gasteiger partial charge in [0, 0.05) is 4.88 Å². The van der Waals surface area contributed by atoms with E-state index in [4.69, 9.17) is 0 Å². The molecule has 0 aromatic carbocycles. The van der Waals surface area contributed by atoms with Crippen LogP contribution in [0.5, 0.6) is 0 Å². The van der Waals surface area contributed by atoms with E-state index in [1.165, 1.54) is 4.88 Å². The Morgan fingerprint density at radius 2 is 1.94 bits per heavy atom. The van der Waals surface area contributed by atoms with Gasteiger partial charge >= 0.3 is 0 Å². The van der Waals surface area contributed by atoms with Gasteiger partial charge in [-0.05, 0) is 32.5 Å². The summed E-state index contributed by atoms with van der Waals surface area (Å²) in [7, 11) is 0. The fourth-order valence-corrected chi connectivity index (χ4v) is 4.72. The Kier molecular flexibility index (Phi) is 2.68. The minimum atomic E-state index is 0.940. The first kappa shape index (κ1) is 11.2. The molecule has 0 bridgehead atoms. The van der Waals surface area contributed by atoms with Gasteiger partial charge in [0.2, 0.25) is 4.96 Å². The van der Waals surface area contributed by atoms with Crippen LogP contribution in [0.3, 0.4) is 0 Å². The van der Waals surface area contributed by atoms with Crippen molar-refractivity contribution in [2.75, 3.05) is 0 Å². The molecular weight excluding hydrogens is 272 g/mol. The van der Waals surface area contributed by atoms with Gasteiger partial charge in [0.25, 0.3) is 0 Å². The molecule has 3 aromatic heterocycles. The summed E-state index contributed by atoms with van der Waals surface area (Å²) in [6.07, 6.45) is 1.94. The van der Waals surface area contributed by atoms with Crippen molar-refractivity contribution < 1.29 is 0 Å². The Labute approximate surface area is 111 Å². The molecular formula is C10H10N4S3. The number of nitrogens with zero attached hydrogens (tertiary/aromatic N) is 4. The van der Waals surface area contributed by atoms with Crippen molar-refractivity contribution in [3.8, 4) is 0 Å². The lowest BCUT2D eigenvalue weighted by Gasteiger charge is -1.87. The molecule has 88 valence electrons. The zero-order chi connectivity index (χ0) is 12.0. The van der Waals surface area contributed by atoms with Gasteiger partial charge in [-0.3, -0.25) is 0 Å². The second-order valence-corrected chi connectivity index (χ2v) is 7.35. The molecule has 4 nitrogen and oxygen atoms in total. The Morgan fingerprint density at radius 1 is 1.12 bits per heavy atom. The van der Waals surface area contributed by atoms with E-state index in [0.29, 0.717) is 0 Å². The summed E-state index contributed by atoms with van der Waals surface area (Å²) in [5.41, 5.74) is 2.11. The van der Waals surface area contributed by atoms with Crippen LogP contribution in [0.2, 0.25) is 0 Å². The molecule has 17 heavy (non-hydrogen) atoms. The predicted octanol–water partition coefficient (Wildman–Crippen LogP) is 3.32. The minimum Gasteiger partial charge on any atom is -0.234 e. The predicted molar refractivity (Wildman–Crippen MR) is 71.3 cm³/mol. The number of aryl methyl sites for hydroxylation is 3. The quantitative estimate of drug-likeness (QED) is 0.723. The van der Waals surface area contributed by atoms with Crippen molar-refractivity contribution >= 4 is 39.4 Å². The molecule has 0 spiro atoms. The first-order valence-corrected chi connectivity index (χ1v) is 7.51. The van der Waals surface area contributed by atoms with Gasteiger partial charge in [0.1, 0.15) is 0 Å². The van der Waals surface area contributed by atoms with E-state index in [2.05, 4.69) is 22.0 Å². The fraction of sp³-hybridized carbons (Fsp3) is 0.300. The molecule has 3 heterocycles. The van der Waals surface area contributed by atoms with Gasteiger partial charge < -0.3 is 0 Å². The van der Waals surface area contributed by atoms with Crippen LogP contribution in [0.1, 0.15) is 16.3 Å². The van der Waals surface area contributed by atoms with Gasteiger partial charge in [-0.2, -0.15) is 0 Å². The van der Waals surface area contributed by atoms with Crippen molar-refractivity contribution in [2.24, 2.45) is 0 Å². The lowest BCUT2D eigenvalue weighted by molar-refractivity contribution is 0.912. The number of thiazole rings is 1. The molecule has 0 atom stereocenters. The minimum absolute atomic E-state index is 0.940. The van der Waals surface area contributed by atoms with Crippen LogP contribution < -0.4 is 0 Å². The van der Waals surface area contributed by atoms with Crippen molar-refractivity contribution in [1.29, 1.82) is 0 Å². The highest BCUT2D eigenvalue weighted by Gasteiger charge is 2.11. The molecule has 0 N–H and O–H groups in total. The lowest BCUT2D eigenvalue weighted by Crippen LogP contribution is -1.80. The van der Waals surface area contributed by atoms with E-state index in [1.807, 2.05) is 24.6 Å². The summed E-state index contributed by atoms with van der Waals surface area (Å²) in [6.45, 7) is 6.10. The third kappa shape index (κ3) is 2.10. The van der Waals surface area contributed by atoms with Crippen molar-refractivity contribution in [1.82, 2.24) is 19.6 Å². The largest absolute Gasteiger partial charge is 0.234 e. The van der Waals surface area contributed by atoms with Crippen LogP contribution in [0.15, 0.2) is 14.9 Å². The van der Waals surface area contributed by atoms with Gasteiger partial charge in [0.15, 0.2) is 8.68 Å². The SMILES string of the molecule is Cc1cn2nc(Sc3nc(C)c(C)s3)sc2n1. The normalized spacial score (nSPS) is 11.5. The molecule has 0 saturated heterocycles. The van der Waals surface area contributed by atoms with Gasteiger partial charge in [-0.25, -0.2) is 14.5 Å². The number of rotatable bonds is 2. The van der Waals surface area contributed by atoms with E-state index in [0.717, 1.165) is 25.0 Å². The molecule has 0 aliphatic heterocycles. The summed E-state index contributed by atoms with van der Waals surface area (Å²) >= 11 is 4.92. The molecule has 0 amide bonds. The zero-order valence-electron chi connectivity index (χ0n) is 9.59. The molecule has 0 aliphatic carbocycles. The highest BCUT2D eigenvalue weighted by Crippen LogP contribution is 2.34. The summed E-state index contributed by atoms with van der Waals surface area (Å²) in [4.78, 5) is 11.1. The number of fused-ring (bicyclic) bond motifs is 1. The molecule has 3 aromatic rings. The molecule has 0 radical (unpaired) electrons. The molecule has 0 saturated carbocycles. The van der Waals surface area contributed by atoms with Gasteiger partial charge in [0.05, 0.1) is 17.6 Å². The highest BCUT2D eigenvalue weighted by molar-refractivity contribution is 8.02. The summed E-state index contributed by atoms with van der Waals surface area (Å²) in [5.74, 6) is 0. The summed E-state index contributed by atoms with van der Waals surface area (Å²) < 4.78 is 3.87. The van der Waals surface area contributed by atoms with Crippen LogP contribution in [0, 0.1) is 20.8 Å². The number of aromatic nitrogens is 4. The topological polar surface area (TPSA) is 43.1 Å². The number of hydrogen-bond donors (Lipinski definition) is 0. The summed E-state index contributed by atoms with van der Waals surface area (Å²) in [6, 6.07) is 0. The summed E-state index contributed by atoms with van der Waals surface area (Å²) in [5, 5.41) is 4.47. The number of imidazole rings is 1. The molecule has 7 heteroatoms. The van der Waals surface area contributed by atoms with Crippen LogP contribution >= 0.6 is 34.4 Å². The van der Waals surface area contributed by atoms with Crippen LogP contribution in [0.25, 0.3) is 4.96 Å². The van der Waals surface area contributed by atoms with Crippen molar-refractivity contribution in [3.63, 3.8) is 0 Å². The second-order valence-electron chi connectivity index (χ2n) is 3.70. The van der Waals surface area contributed by atoms with Gasteiger partial charge in [-0.15, -0.1) is 16.4 Å². The molecule has 0 aliphatic rings. The van der Waals surface area contributed by atoms with Gasteiger partial charge in [-0.1, -0.05) is 11.3 Å². The van der Waals surface area contributed by atoms with Crippen molar-refractivity contribution in [2.45, 2.75) is 29.5 Å². The Bertz CT molecular complexity index is 628. The fourth-order valence-electron chi connectivity index (χ4n) is 1.39. The maximum Gasteiger partial charge on any atom is 0.213 e. The van der Waals surface area contributed by atoms with Crippen molar-refractivity contribution in [3.05, 3.63) is 22.5 Å². The Hall–Kier alpha value is -0.920. The third-order valence-corrected chi connectivity index (χ3v) is 5.44. The van der Waals surface area contributed by atoms with E-state index >= 15 is 0 Å². The Balaban J connectivity index is 1.91. The molecule has 0 fully saturated rings. The number of hydrogen-bond acceptors (Lipinski definition) is 6. The van der Waals surface area contributed by atoms with Crippen LogP contribution in [-0.2, 0) is 0 Å². The average molecular weight is 282 g/mol. The standard InChI is InChI=1S/C10H10N4S3/c1-5-4-14-8(11-5)16-10(13-14)17-9-12-6(2)7(3)15-9/h4H,1-3H3. The Morgan fingerprint density at radius 3 is 2.59 bits per heavy atom. The maximum absolute atomic E-state index is 4.50. The maximum atomic E-state index is 4.50. The smallest absolute Gasteiger partial charge is 0.213 e. The van der Waals surface area contributed by atoms with E-state index in [-0.39, 0.29) is 0 Å². The molecule has 0 unspecified atom stereocenters. The van der Waals surface area contributed by atoms with E-state index < -0.39 is 0 Å². The molecule has 3 rings (SSSR count). The highest BCUT2D eigenvalue weighted by atomic mass is 32.2. The lowest BCUT2D eigenvalue weighted by atomic mass is 10.4. The van der Waals surface area contributed by atoms with E-state index in [1.54, 1.807) is 34.4 Å². The first-order valence-electron chi connectivity index (χ1n) is 5.06. The third-order valence-electron chi connectivity index (χ3n) is 2.33.